The van der Waals surface area contributed by atoms with Crippen molar-refractivity contribution in [2.75, 3.05) is 13.1 Å². The van der Waals surface area contributed by atoms with Gasteiger partial charge in [0.25, 0.3) is 5.91 Å². The van der Waals surface area contributed by atoms with Gasteiger partial charge >= 0.3 is 0 Å². The topological polar surface area (TPSA) is 61.9 Å². The first-order chi connectivity index (χ1) is 9.70. The Hall–Kier alpha value is -1.43. The van der Waals surface area contributed by atoms with E-state index in [9.17, 15) is 4.79 Å². The fraction of sp³-hybridized carbons (Fsp3) is 0.500. The van der Waals surface area contributed by atoms with Crippen LogP contribution in [0.1, 0.15) is 29.8 Å². The van der Waals surface area contributed by atoms with Gasteiger partial charge in [-0.25, -0.2) is 0 Å². The van der Waals surface area contributed by atoms with Crippen molar-refractivity contribution in [2.45, 2.75) is 19.3 Å². The lowest BCUT2D eigenvalue weighted by Gasteiger charge is -2.31. The molecule has 3 heterocycles. The van der Waals surface area contributed by atoms with Crippen LogP contribution in [0.15, 0.2) is 16.9 Å². The highest BCUT2D eigenvalue weighted by molar-refractivity contribution is 9.10. The van der Waals surface area contributed by atoms with Crippen molar-refractivity contribution in [1.82, 2.24) is 20.1 Å². The molecular weight excluding hydrogens is 320 g/mol. The zero-order valence-electron chi connectivity index (χ0n) is 11.0. The zero-order valence-corrected chi connectivity index (χ0v) is 12.6. The van der Waals surface area contributed by atoms with E-state index in [1.54, 1.807) is 12.3 Å². The molecule has 1 saturated carbocycles. The lowest BCUT2D eigenvalue weighted by molar-refractivity contribution is 0.0656. The molecule has 2 atom stereocenters. The molecule has 2 unspecified atom stereocenters. The maximum Gasteiger partial charge on any atom is 0.272 e. The molecule has 2 aromatic heterocycles. The Balaban J connectivity index is 1.63. The highest BCUT2D eigenvalue weighted by Gasteiger charge is 2.35. The number of hydrogen-bond donors (Lipinski definition) is 1. The maximum atomic E-state index is 12.6. The summed E-state index contributed by atoms with van der Waals surface area (Å²) in [4.78, 5) is 18.9. The lowest BCUT2D eigenvalue weighted by atomic mass is 9.98. The lowest BCUT2D eigenvalue weighted by Crippen LogP contribution is -2.41. The van der Waals surface area contributed by atoms with Crippen molar-refractivity contribution in [3.05, 3.63) is 22.6 Å². The number of halogens is 1. The smallest absolute Gasteiger partial charge is 0.272 e. The van der Waals surface area contributed by atoms with Gasteiger partial charge in [-0.1, -0.05) is 0 Å². The van der Waals surface area contributed by atoms with Gasteiger partial charge in [-0.2, -0.15) is 5.10 Å². The number of H-pyrrole nitrogens is 1. The number of piperidine rings is 1. The molecule has 2 fully saturated rings. The van der Waals surface area contributed by atoms with Crippen LogP contribution in [0.5, 0.6) is 0 Å². The summed E-state index contributed by atoms with van der Waals surface area (Å²) in [5, 5.41) is 7.88. The summed E-state index contributed by atoms with van der Waals surface area (Å²) in [6.07, 6.45) is 5.54. The van der Waals surface area contributed by atoms with Crippen LogP contribution in [0.2, 0.25) is 0 Å². The summed E-state index contributed by atoms with van der Waals surface area (Å²) in [7, 11) is 0. The van der Waals surface area contributed by atoms with Crippen molar-refractivity contribution >= 4 is 32.7 Å². The van der Waals surface area contributed by atoms with Crippen molar-refractivity contribution < 1.29 is 4.79 Å². The number of carbonyl (C=O) groups excluding carboxylic acids is 1. The van der Waals surface area contributed by atoms with Gasteiger partial charge < -0.3 is 4.90 Å². The first-order valence-corrected chi connectivity index (χ1v) is 7.79. The highest BCUT2D eigenvalue weighted by Crippen LogP contribution is 2.36. The summed E-state index contributed by atoms with van der Waals surface area (Å²) >= 11 is 3.35. The van der Waals surface area contributed by atoms with Crippen LogP contribution < -0.4 is 0 Å². The molecule has 4 rings (SSSR count). The Kier molecular flexibility index (Phi) is 2.80. The monoisotopic (exact) mass is 334 g/mol. The van der Waals surface area contributed by atoms with Crippen molar-refractivity contribution in [3.63, 3.8) is 0 Å². The molecule has 2 bridgehead atoms. The van der Waals surface area contributed by atoms with E-state index < -0.39 is 0 Å². The third kappa shape index (κ3) is 1.93. The van der Waals surface area contributed by atoms with Crippen LogP contribution in [0, 0.1) is 11.8 Å². The molecule has 1 aliphatic heterocycles. The van der Waals surface area contributed by atoms with Crippen molar-refractivity contribution in [3.8, 4) is 0 Å². The number of aromatic amines is 1. The molecular formula is C14H15BrN4O. The Morgan fingerprint density at radius 1 is 1.35 bits per heavy atom. The van der Waals surface area contributed by atoms with Gasteiger partial charge in [-0.15, -0.1) is 0 Å². The molecule has 1 aliphatic carbocycles. The molecule has 104 valence electrons. The summed E-state index contributed by atoms with van der Waals surface area (Å²) in [6.45, 7) is 1.78. The van der Waals surface area contributed by atoms with E-state index in [1.807, 2.05) is 4.90 Å². The van der Waals surface area contributed by atoms with Crippen LogP contribution in [-0.4, -0.2) is 39.1 Å². The van der Waals surface area contributed by atoms with Gasteiger partial charge in [0, 0.05) is 19.3 Å². The minimum atomic E-state index is 0.0502. The highest BCUT2D eigenvalue weighted by atomic mass is 79.9. The van der Waals surface area contributed by atoms with Crippen LogP contribution in [0.4, 0.5) is 0 Å². The molecule has 2 aliphatic rings. The Morgan fingerprint density at radius 3 is 2.85 bits per heavy atom. The number of fused-ring (bicyclic) bond motifs is 3. The zero-order chi connectivity index (χ0) is 13.7. The quantitative estimate of drug-likeness (QED) is 0.871. The molecule has 0 radical (unpaired) electrons. The summed E-state index contributed by atoms with van der Waals surface area (Å²) < 4.78 is 0.731. The van der Waals surface area contributed by atoms with E-state index >= 15 is 0 Å². The molecule has 0 spiro atoms. The summed E-state index contributed by atoms with van der Waals surface area (Å²) in [5.74, 6) is 1.44. The average molecular weight is 335 g/mol. The van der Waals surface area contributed by atoms with E-state index in [-0.39, 0.29) is 5.91 Å². The SMILES string of the molecule is O=C(c1cc2[nH]nc(Br)c2cn1)N1CC2CCC(C2)C1. The predicted octanol–water partition coefficient (Wildman–Crippen LogP) is 2.59. The predicted molar refractivity (Wildman–Crippen MR) is 78.3 cm³/mol. The number of aromatic nitrogens is 3. The molecule has 5 nitrogen and oxygen atoms in total. The third-order valence-electron chi connectivity index (χ3n) is 4.51. The van der Waals surface area contributed by atoms with Crippen molar-refractivity contribution in [2.24, 2.45) is 11.8 Å². The molecule has 0 aromatic carbocycles. The second-order valence-corrected chi connectivity index (χ2v) is 6.64. The second-order valence-electron chi connectivity index (χ2n) is 5.88. The summed E-state index contributed by atoms with van der Waals surface area (Å²) in [6, 6.07) is 1.80. The Labute approximate surface area is 124 Å². The largest absolute Gasteiger partial charge is 0.337 e. The number of hydrogen-bond acceptors (Lipinski definition) is 3. The number of amides is 1. The minimum Gasteiger partial charge on any atom is -0.337 e. The number of pyridine rings is 1. The van der Waals surface area contributed by atoms with E-state index in [2.05, 4.69) is 31.1 Å². The van der Waals surface area contributed by atoms with E-state index in [4.69, 9.17) is 0 Å². The number of carbonyl (C=O) groups is 1. The molecule has 6 heteroatoms. The summed E-state index contributed by atoms with van der Waals surface area (Å²) in [5.41, 5.74) is 1.35. The number of nitrogens with one attached hydrogen (secondary N) is 1. The first kappa shape index (κ1) is 12.3. The van der Waals surface area contributed by atoms with Gasteiger partial charge in [-0.05, 0) is 53.1 Å². The average Bonchev–Trinajstić information content (AvgIpc) is 3.00. The molecule has 1 saturated heterocycles. The number of nitrogens with zero attached hydrogens (tertiary/aromatic N) is 3. The first-order valence-electron chi connectivity index (χ1n) is 6.99. The Morgan fingerprint density at radius 2 is 2.10 bits per heavy atom. The standard InChI is InChI=1S/C14H15BrN4O/c15-13-10-5-16-12(4-11(10)17-18-13)14(20)19-6-8-1-2-9(3-8)7-19/h4-5,8-9H,1-3,6-7H2,(H,17,18). The van der Waals surface area contributed by atoms with Gasteiger partial charge in [0.1, 0.15) is 10.3 Å². The van der Waals surface area contributed by atoms with Gasteiger partial charge in [0.15, 0.2) is 0 Å². The van der Waals surface area contributed by atoms with Crippen LogP contribution >= 0.6 is 15.9 Å². The fourth-order valence-corrected chi connectivity index (χ4v) is 3.94. The van der Waals surface area contributed by atoms with E-state index in [0.717, 1.165) is 28.6 Å². The number of likely N-dealkylation sites (tertiary alicyclic amines) is 1. The molecule has 20 heavy (non-hydrogen) atoms. The van der Waals surface area contributed by atoms with Crippen LogP contribution in [-0.2, 0) is 0 Å². The minimum absolute atomic E-state index is 0.0502. The van der Waals surface area contributed by atoms with Crippen molar-refractivity contribution in [1.29, 1.82) is 0 Å². The molecule has 1 N–H and O–H groups in total. The van der Waals surface area contributed by atoms with Crippen LogP contribution in [0.3, 0.4) is 0 Å². The number of rotatable bonds is 1. The molecule has 1 amide bonds. The van der Waals surface area contributed by atoms with Crippen LogP contribution in [0.25, 0.3) is 10.9 Å². The normalized spacial score (nSPS) is 25.4. The van der Waals surface area contributed by atoms with Gasteiger partial charge in [0.05, 0.1) is 10.9 Å². The second kappa shape index (κ2) is 4.55. The Bertz CT molecular complexity index is 671. The maximum absolute atomic E-state index is 12.6. The molecule has 2 aromatic rings. The van der Waals surface area contributed by atoms with Gasteiger partial charge in [-0.3, -0.25) is 14.9 Å². The fourth-order valence-electron chi connectivity index (χ4n) is 3.53. The van der Waals surface area contributed by atoms with E-state index in [0.29, 0.717) is 17.5 Å². The third-order valence-corrected chi connectivity index (χ3v) is 5.12. The van der Waals surface area contributed by atoms with E-state index in [1.165, 1.54) is 19.3 Å². The van der Waals surface area contributed by atoms with Gasteiger partial charge in [0.2, 0.25) is 0 Å².